The molecule has 0 radical (unpaired) electrons. The Morgan fingerprint density at radius 2 is 2.41 bits per heavy atom. The molecule has 3 atom stereocenters. The van der Waals surface area contributed by atoms with Crippen LogP contribution < -0.4 is 5.32 Å². The number of thiophene rings is 1. The second-order valence-corrected chi connectivity index (χ2v) is 7.95. The van der Waals surface area contributed by atoms with Crippen molar-refractivity contribution in [3.8, 4) is 0 Å². The highest BCUT2D eigenvalue weighted by Gasteiger charge is 2.33. The molecule has 2 aliphatic heterocycles. The van der Waals surface area contributed by atoms with Crippen LogP contribution in [0.3, 0.4) is 0 Å². The lowest BCUT2D eigenvalue weighted by atomic mass is 9.97. The molecular weight excluding hydrogens is 314 g/mol. The highest BCUT2D eigenvalue weighted by atomic mass is 32.2. The van der Waals surface area contributed by atoms with E-state index >= 15 is 0 Å². The summed E-state index contributed by atoms with van der Waals surface area (Å²) in [6.07, 6.45) is 6.28. The second-order valence-electron chi connectivity index (χ2n) is 6.19. The van der Waals surface area contributed by atoms with Crippen molar-refractivity contribution in [1.82, 2.24) is 15.2 Å². The molecule has 1 amide bonds. The molecule has 2 aliphatic rings. The Bertz CT molecular complexity index is 702. The first-order valence-corrected chi connectivity index (χ1v) is 9.78. The smallest absolute Gasteiger partial charge is 0.270 e. The number of fused-ring (bicyclic) bond motifs is 3. The number of nitrogens with one attached hydrogen (secondary N) is 1. The first kappa shape index (κ1) is 14.5. The molecule has 2 aromatic rings. The second kappa shape index (κ2) is 5.83. The van der Waals surface area contributed by atoms with Crippen LogP contribution in [0.25, 0.3) is 10.1 Å². The number of pyridine rings is 1. The lowest BCUT2D eigenvalue weighted by Crippen LogP contribution is -2.47. The largest absolute Gasteiger partial charge is 0.347 e. The van der Waals surface area contributed by atoms with Gasteiger partial charge < -0.3 is 10.2 Å². The van der Waals surface area contributed by atoms with Crippen molar-refractivity contribution < 1.29 is 4.79 Å². The van der Waals surface area contributed by atoms with Gasteiger partial charge in [0.05, 0.1) is 4.70 Å². The van der Waals surface area contributed by atoms with Crippen molar-refractivity contribution in [3.63, 3.8) is 0 Å². The number of carbonyl (C=O) groups excluding carboxylic acids is 1. The molecule has 22 heavy (non-hydrogen) atoms. The number of piperidine rings is 1. The zero-order valence-electron chi connectivity index (χ0n) is 12.5. The average Bonchev–Trinajstić information content (AvgIpc) is 3.09. The van der Waals surface area contributed by atoms with Crippen molar-refractivity contribution in [1.29, 1.82) is 0 Å². The first-order chi connectivity index (χ1) is 10.7. The van der Waals surface area contributed by atoms with E-state index in [1.54, 1.807) is 23.1 Å². The average molecular weight is 333 g/mol. The molecule has 0 aliphatic carbocycles. The van der Waals surface area contributed by atoms with Gasteiger partial charge in [-0.15, -0.1) is 23.1 Å². The van der Waals surface area contributed by atoms with E-state index in [1.807, 2.05) is 12.3 Å². The third-order valence-corrected chi connectivity index (χ3v) is 6.54. The molecule has 2 fully saturated rings. The molecule has 0 saturated carbocycles. The van der Waals surface area contributed by atoms with Gasteiger partial charge in [0.15, 0.2) is 0 Å². The lowest BCUT2D eigenvalue weighted by molar-refractivity contribution is 0.0904. The number of aromatic nitrogens is 1. The van der Waals surface area contributed by atoms with Crippen LogP contribution in [-0.4, -0.2) is 47.7 Å². The van der Waals surface area contributed by atoms with Crippen LogP contribution in [-0.2, 0) is 0 Å². The van der Waals surface area contributed by atoms with E-state index in [0.29, 0.717) is 5.69 Å². The zero-order valence-corrected chi connectivity index (χ0v) is 14.2. The minimum atomic E-state index is -0.0346. The van der Waals surface area contributed by atoms with Crippen LogP contribution in [0.4, 0.5) is 0 Å². The molecule has 116 valence electrons. The predicted octanol–water partition coefficient (Wildman–Crippen LogP) is 2.84. The van der Waals surface area contributed by atoms with Gasteiger partial charge in [-0.05, 0) is 37.6 Å². The van der Waals surface area contributed by atoms with Crippen LogP contribution in [0.15, 0.2) is 22.5 Å². The molecule has 0 spiro atoms. The highest BCUT2D eigenvalue weighted by molar-refractivity contribution is 7.99. The Kier molecular flexibility index (Phi) is 3.84. The first-order valence-electron chi connectivity index (χ1n) is 7.67. The number of thioether (sulfide) groups is 1. The monoisotopic (exact) mass is 333 g/mol. The Morgan fingerprint density at radius 3 is 3.23 bits per heavy atom. The van der Waals surface area contributed by atoms with Crippen LogP contribution in [0.1, 0.15) is 23.3 Å². The van der Waals surface area contributed by atoms with Crippen molar-refractivity contribution in [2.75, 3.05) is 25.9 Å². The Balaban J connectivity index is 1.52. The molecule has 4 heterocycles. The summed E-state index contributed by atoms with van der Waals surface area (Å²) in [5, 5.41) is 6.46. The van der Waals surface area contributed by atoms with E-state index in [9.17, 15) is 4.79 Å². The summed E-state index contributed by atoms with van der Waals surface area (Å²) >= 11 is 3.40. The van der Waals surface area contributed by atoms with Crippen molar-refractivity contribution in [2.45, 2.75) is 23.8 Å². The van der Waals surface area contributed by atoms with Gasteiger partial charge in [-0.3, -0.25) is 4.79 Å². The van der Waals surface area contributed by atoms with E-state index in [4.69, 9.17) is 0 Å². The number of carbonyl (C=O) groups is 1. The van der Waals surface area contributed by atoms with Crippen molar-refractivity contribution in [2.24, 2.45) is 5.92 Å². The summed E-state index contributed by atoms with van der Waals surface area (Å²) in [6.45, 7) is 3.38. The van der Waals surface area contributed by atoms with Gasteiger partial charge in [0.25, 0.3) is 5.91 Å². The topological polar surface area (TPSA) is 45.2 Å². The van der Waals surface area contributed by atoms with Gasteiger partial charge in [-0.2, -0.15) is 0 Å². The lowest BCUT2D eigenvalue weighted by Gasteiger charge is -2.30. The van der Waals surface area contributed by atoms with E-state index in [2.05, 4.69) is 26.8 Å². The van der Waals surface area contributed by atoms with Crippen LogP contribution in [0.2, 0.25) is 0 Å². The van der Waals surface area contributed by atoms with E-state index < -0.39 is 0 Å². The summed E-state index contributed by atoms with van der Waals surface area (Å²) < 4.78 is 1.14. The van der Waals surface area contributed by atoms with Gasteiger partial charge in [-0.1, -0.05) is 0 Å². The molecule has 0 aromatic carbocycles. The Hall–Kier alpha value is -1.11. The predicted molar refractivity (Wildman–Crippen MR) is 91.8 cm³/mol. The summed E-state index contributed by atoms with van der Waals surface area (Å²) in [5.74, 6) is 0.724. The van der Waals surface area contributed by atoms with Gasteiger partial charge in [0, 0.05) is 41.0 Å². The highest BCUT2D eigenvalue weighted by Crippen LogP contribution is 2.32. The van der Waals surface area contributed by atoms with Gasteiger partial charge in [-0.25, -0.2) is 4.98 Å². The van der Waals surface area contributed by atoms with E-state index in [1.165, 1.54) is 24.4 Å². The number of nitrogens with zero attached hydrogens (tertiary/aromatic N) is 2. The molecule has 2 bridgehead atoms. The third-order valence-electron chi connectivity index (χ3n) is 4.68. The van der Waals surface area contributed by atoms with Crippen LogP contribution >= 0.6 is 23.1 Å². The fourth-order valence-corrected chi connectivity index (χ4v) is 5.37. The summed E-state index contributed by atoms with van der Waals surface area (Å²) in [4.78, 5) is 20.5. The van der Waals surface area contributed by atoms with Gasteiger partial charge >= 0.3 is 0 Å². The maximum atomic E-state index is 12.5. The maximum Gasteiger partial charge on any atom is 0.270 e. The summed E-state index contributed by atoms with van der Waals surface area (Å²) in [7, 11) is 0. The molecule has 2 aromatic heterocycles. The number of amides is 1. The number of rotatable bonds is 3. The molecule has 2 saturated heterocycles. The Labute approximate surface area is 138 Å². The molecule has 4 rings (SSSR count). The minimum absolute atomic E-state index is 0.0346. The van der Waals surface area contributed by atoms with Crippen LogP contribution in [0, 0.1) is 5.92 Å². The number of hydrogen-bond donors (Lipinski definition) is 1. The van der Waals surface area contributed by atoms with E-state index in [0.717, 1.165) is 29.0 Å². The van der Waals surface area contributed by atoms with Gasteiger partial charge in [0.2, 0.25) is 0 Å². The third kappa shape index (κ3) is 2.64. The summed E-state index contributed by atoms with van der Waals surface area (Å²) in [6, 6.07) is 2.21. The number of hydrogen-bond acceptors (Lipinski definition) is 5. The fraction of sp³-hybridized carbons (Fsp3) is 0.500. The molecule has 4 nitrogen and oxygen atoms in total. The van der Waals surface area contributed by atoms with Gasteiger partial charge in [0.1, 0.15) is 5.69 Å². The fourth-order valence-electron chi connectivity index (χ4n) is 3.62. The Morgan fingerprint density at radius 1 is 1.50 bits per heavy atom. The normalized spacial score (nSPS) is 27.2. The van der Waals surface area contributed by atoms with Crippen molar-refractivity contribution in [3.05, 3.63) is 23.3 Å². The minimum Gasteiger partial charge on any atom is -0.347 e. The zero-order chi connectivity index (χ0) is 15.1. The van der Waals surface area contributed by atoms with E-state index in [-0.39, 0.29) is 11.9 Å². The molecular formula is C16H19N3OS2. The standard InChI is InChI=1S/C16H19N3OS2/c1-21-15-9-22-14-6-17-13(5-12(14)15)16(20)18-11-4-10-2-3-19(7-10)8-11/h5-6,9-11H,2-4,7-8H2,1H3,(H,18,20)/t10-,11-/m1/s1. The molecule has 1 N–H and O–H groups in total. The van der Waals surface area contributed by atoms with Crippen LogP contribution in [0.5, 0.6) is 0 Å². The summed E-state index contributed by atoms with van der Waals surface area (Å²) in [5.41, 5.74) is 0.536. The quantitative estimate of drug-likeness (QED) is 0.878. The molecule has 1 unspecified atom stereocenters. The maximum absolute atomic E-state index is 12.5. The molecule has 6 heteroatoms. The SMILES string of the molecule is CSc1csc2cnc(C(=O)N[C@@H]3C[C@H]4CCN(C4)C3)cc12. The van der Waals surface area contributed by atoms with Crippen molar-refractivity contribution >= 4 is 39.1 Å².